The fraction of sp³-hybridized carbons (Fsp3) is 0.500. The Morgan fingerprint density at radius 1 is 1.20 bits per heavy atom. The Bertz CT molecular complexity index is 415. The van der Waals surface area contributed by atoms with Gasteiger partial charge in [0.05, 0.1) is 0 Å². The fourth-order valence-electron chi connectivity index (χ4n) is 2.62. The molecule has 20 heavy (non-hydrogen) atoms. The summed E-state index contributed by atoms with van der Waals surface area (Å²) in [6, 6.07) is 7.34. The third kappa shape index (κ3) is 4.78. The number of nitrogens with one attached hydrogen (secondary N) is 1. The summed E-state index contributed by atoms with van der Waals surface area (Å²) in [6.45, 7) is 12.7. The molecule has 1 aromatic rings. The van der Waals surface area contributed by atoms with E-state index in [9.17, 15) is 0 Å². The van der Waals surface area contributed by atoms with E-state index >= 15 is 0 Å². The number of hydrogen-bond donors (Lipinski definition) is 1. The number of piperazine rings is 1. The SMILES string of the molecule is C=CC[C@@H](c1ccc(C)c(C)c1)N1CCNCC1.Cl.Cl. The predicted molar refractivity (Wildman–Crippen MR) is 92.4 cm³/mol. The maximum Gasteiger partial charge on any atom is 0.0383 e. The maximum atomic E-state index is 3.92. The number of rotatable bonds is 4. The van der Waals surface area contributed by atoms with Gasteiger partial charge in [-0.05, 0) is 37.0 Å². The molecule has 0 aliphatic carbocycles. The molecular weight excluding hydrogens is 291 g/mol. The molecule has 1 saturated heterocycles. The summed E-state index contributed by atoms with van der Waals surface area (Å²) < 4.78 is 0. The first-order chi connectivity index (χ1) is 8.72. The number of hydrogen-bond acceptors (Lipinski definition) is 2. The van der Waals surface area contributed by atoms with E-state index in [0.717, 1.165) is 32.6 Å². The molecule has 1 fully saturated rings. The lowest BCUT2D eigenvalue weighted by atomic mass is 9.97. The second kappa shape index (κ2) is 9.41. The molecule has 0 radical (unpaired) electrons. The first-order valence-electron chi connectivity index (χ1n) is 6.85. The lowest BCUT2D eigenvalue weighted by Gasteiger charge is -2.35. The van der Waals surface area contributed by atoms with Crippen molar-refractivity contribution < 1.29 is 0 Å². The highest BCUT2D eigenvalue weighted by Crippen LogP contribution is 2.26. The second-order valence-electron chi connectivity index (χ2n) is 5.17. The minimum atomic E-state index is 0. The molecule has 1 aromatic carbocycles. The summed E-state index contributed by atoms with van der Waals surface area (Å²) in [7, 11) is 0. The Balaban J connectivity index is 0.00000180. The first kappa shape index (κ1) is 19.5. The largest absolute Gasteiger partial charge is 0.314 e. The average Bonchev–Trinajstić information content (AvgIpc) is 2.40. The lowest BCUT2D eigenvalue weighted by molar-refractivity contribution is 0.174. The van der Waals surface area contributed by atoms with Crippen molar-refractivity contribution in [1.29, 1.82) is 0 Å². The molecular formula is C16H26Cl2N2. The highest BCUT2D eigenvalue weighted by molar-refractivity contribution is 5.85. The summed E-state index contributed by atoms with van der Waals surface area (Å²) in [6.07, 6.45) is 3.07. The number of aryl methyl sites for hydroxylation is 2. The average molecular weight is 317 g/mol. The van der Waals surface area contributed by atoms with Gasteiger partial charge >= 0.3 is 0 Å². The minimum Gasteiger partial charge on any atom is -0.314 e. The monoisotopic (exact) mass is 316 g/mol. The number of benzene rings is 1. The van der Waals surface area contributed by atoms with Crippen molar-refractivity contribution in [3.8, 4) is 0 Å². The van der Waals surface area contributed by atoms with Gasteiger partial charge in [0, 0.05) is 32.2 Å². The van der Waals surface area contributed by atoms with Crippen molar-refractivity contribution in [2.45, 2.75) is 26.3 Å². The Kier molecular flexibility index (Phi) is 9.15. The molecule has 2 rings (SSSR count). The van der Waals surface area contributed by atoms with Gasteiger partial charge in [-0.1, -0.05) is 24.3 Å². The Morgan fingerprint density at radius 3 is 2.40 bits per heavy atom. The summed E-state index contributed by atoms with van der Waals surface area (Å²) >= 11 is 0. The van der Waals surface area contributed by atoms with Gasteiger partial charge in [-0.25, -0.2) is 0 Å². The highest BCUT2D eigenvalue weighted by Gasteiger charge is 2.21. The van der Waals surface area contributed by atoms with Crippen molar-refractivity contribution in [3.05, 3.63) is 47.5 Å². The summed E-state index contributed by atoms with van der Waals surface area (Å²) in [5, 5.41) is 3.42. The van der Waals surface area contributed by atoms with E-state index in [1.807, 2.05) is 6.08 Å². The minimum absolute atomic E-state index is 0. The zero-order valence-corrected chi connectivity index (χ0v) is 14.0. The molecule has 114 valence electrons. The molecule has 0 bridgehead atoms. The molecule has 1 N–H and O–H groups in total. The van der Waals surface area contributed by atoms with Crippen molar-refractivity contribution in [2.24, 2.45) is 0 Å². The Hall–Kier alpha value is -0.540. The molecule has 1 aliphatic heterocycles. The number of halogens is 2. The van der Waals surface area contributed by atoms with Gasteiger partial charge in [-0.2, -0.15) is 0 Å². The first-order valence-corrected chi connectivity index (χ1v) is 6.85. The summed E-state index contributed by atoms with van der Waals surface area (Å²) in [4.78, 5) is 2.57. The molecule has 0 saturated carbocycles. The molecule has 2 nitrogen and oxygen atoms in total. The topological polar surface area (TPSA) is 15.3 Å². The van der Waals surface area contributed by atoms with Crippen LogP contribution in [0.1, 0.15) is 29.2 Å². The van der Waals surface area contributed by atoms with E-state index in [1.54, 1.807) is 0 Å². The van der Waals surface area contributed by atoms with E-state index in [-0.39, 0.29) is 24.8 Å². The molecule has 0 aromatic heterocycles. The predicted octanol–water partition coefficient (Wildman–Crippen LogP) is 3.67. The summed E-state index contributed by atoms with van der Waals surface area (Å²) in [5.41, 5.74) is 4.19. The fourth-order valence-corrected chi connectivity index (χ4v) is 2.62. The van der Waals surface area contributed by atoms with Gasteiger partial charge in [-0.3, -0.25) is 4.90 Å². The molecule has 0 spiro atoms. The molecule has 0 unspecified atom stereocenters. The summed E-state index contributed by atoms with van der Waals surface area (Å²) in [5.74, 6) is 0. The van der Waals surface area contributed by atoms with Gasteiger partial charge in [0.2, 0.25) is 0 Å². The van der Waals surface area contributed by atoms with Crippen molar-refractivity contribution >= 4 is 24.8 Å². The van der Waals surface area contributed by atoms with Crippen LogP contribution in [0.2, 0.25) is 0 Å². The van der Waals surface area contributed by atoms with Crippen LogP contribution >= 0.6 is 24.8 Å². The van der Waals surface area contributed by atoms with Crippen LogP contribution < -0.4 is 5.32 Å². The quantitative estimate of drug-likeness (QED) is 0.853. The van der Waals surface area contributed by atoms with E-state index < -0.39 is 0 Å². The molecule has 1 heterocycles. The zero-order chi connectivity index (χ0) is 13.0. The third-order valence-electron chi connectivity index (χ3n) is 3.90. The standard InChI is InChI=1S/C16H24N2.2ClH/c1-4-5-16(18-10-8-17-9-11-18)15-7-6-13(2)14(3)12-15;;/h4,6-7,12,16-17H,1,5,8-11H2,2-3H3;2*1H/t16-;;/m0../s1. The van der Waals surface area contributed by atoms with Gasteiger partial charge < -0.3 is 5.32 Å². The van der Waals surface area contributed by atoms with E-state index in [1.165, 1.54) is 16.7 Å². The maximum absolute atomic E-state index is 3.92. The smallest absolute Gasteiger partial charge is 0.0383 e. The van der Waals surface area contributed by atoms with Crippen molar-refractivity contribution in [1.82, 2.24) is 10.2 Å². The number of nitrogens with zero attached hydrogens (tertiary/aromatic N) is 1. The lowest BCUT2D eigenvalue weighted by Crippen LogP contribution is -2.45. The van der Waals surface area contributed by atoms with Crippen LogP contribution in [0.5, 0.6) is 0 Å². The van der Waals surface area contributed by atoms with Crippen LogP contribution in [-0.2, 0) is 0 Å². The highest BCUT2D eigenvalue weighted by atomic mass is 35.5. The zero-order valence-electron chi connectivity index (χ0n) is 12.4. The van der Waals surface area contributed by atoms with Crippen LogP contribution in [0.15, 0.2) is 30.9 Å². The van der Waals surface area contributed by atoms with Gasteiger partial charge in [0.15, 0.2) is 0 Å². The molecule has 0 amide bonds. The normalized spacial score (nSPS) is 16.7. The molecule has 1 atom stereocenters. The van der Waals surface area contributed by atoms with Crippen LogP contribution in [0.3, 0.4) is 0 Å². The third-order valence-corrected chi connectivity index (χ3v) is 3.90. The van der Waals surface area contributed by atoms with Gasteiger partial charge in [0.25, 0.3) is 0 Å². The van der Waals surface area contributed by atoms with Crippen LogP contribution in [0, 0.1) is 13.8 Å². The molecule has 4 heteroatoms. The molecule has 1 aliphatic rings. The van der Waals surface area contributed by atoms with E-state index in [4.69, 9.17) is 0 Å². The Morgan fingerprint density at radius 2 is 1.85 bits per heavy atom. The van der Waals surface area contributed by atoms with Crippen molar-refractivity contribution in [2.75, 3.05) is 26.2 Å². The van der Waals surface area contributed by atoms with E-state index in [0.29, 0.717) is 6.04 Å². The van der Waals surface area contributed by atoms with Crippen LogP contribution in [-0.4, -0.2) is 31.1 Å². The second-order valence-corrected chi connectivity index (χ2v) is 5.17. The van der Waals surface area contributed by atoms with Crippen LogP contribution in [0.4, 0.5) is 0 Å². The van der Waals surface area contributed by atoms with Crippen LogP contribution in [0.25, 0.3) is 0 Å². The van der Waals surface area contributed by atoms with Crippen molar-refractivity contribution in [3.63, 3.8) is 0 Å². The van der Waals surface area contributed by atoms with Gasteiger partial charge in [0.1, 0.15) is 0 Å². The van der Waals surface area contributed by atoms with E-state index in [2.05, 4.69) is 48.8 Å². The Labute approximate surface area is 135 Å². The van der Waals surface area contributed by atoms with Gasteiger partial charge in [-0.15, -0.1) is 31.4 Å².